The Morgan fingerprint density at radius 2 is 1.25 bits per heavy atom. The Morgan fingerprint density at radius 3 is 1.25 bits per heavy atom. The molecule has 2 nitrogen and oxygen atoms in total. The van der Waals surface area contributed by atoms with E-state index in [1.54, 1.807) is 20.8 Å². The molecule has 0 N–H and O–H groups in total. The third-order valence-corrected chi connectivity index (χ3v) is 0.109. The molecule has 0 aliphatic rings. The van der Waals surface area contributed by atoms with Gasteiger partial charge in [-0.2, -0.15) is 0 Å². The zero-order valence-corrected chi connectivity index (χ0v) is 11.9. The van der Waals surface area contributed by atoms with Gasteiger partial charge in [-0.05, 0) is 0 Å². The van der Waals surface area contributed by atoms with Gasteiger partial charge in [0.05, 0.1) is 5.97 Å². The minimum atomic E-state index is -1.66. The normalized spacial score (nSPS) is 4.58. The molecule has 0 aliphatic heterocycles. The number of carbonyl (C=O) groups is 1. The first-order chi connectivity index (χ1) is 5.27. The molecule has 0 bridgehead atoms. The topological polar surface area (TPSA) is 40.1 Å². The number of alkyl halides is 1. The molecule has 0 heterocycles. The van der Waals surface area contributed by atoms with Crippen LogP contribution in [0.15, 0.2) is 0 Å². The quantitative estimate of drug-likeness (QED) is 0.641. The zero-order valence-electron chi connectivity index (χ0n) is 8.02. The van der Waals surface area contributed by atoms with Gasteiger partial charge in [0, 0.05) is 27.3 Å². The second-order valence-corrected chi connectivity index (χ2v) is 0.506. The van der Waals surface area contributed by atoms with Gasteiger partial charge in [0.2, 0.25) is 0 Å². The first-order valence-electron chi connectivity index (χ1n) is 3.15. The molecule has 0 aromatic heterocycles. The smallest absolute Gasteiger partial charge is 0.129 e. The van der Waals surface area contributed by atoms with E-state index in [9.17, 15) is 4.39 Å². The molecular formula is C8H17FO2Pb-. The van der Waals surface area contributed by atoms with Gasteiger partial charge in [-0.3, -0.25) is 0 Å². The van der Waals surface area contributed by atoms with Crippen molar-refractivity contribution in [1.82, 2.24) is 0 Å². The standard InChI is InChI=1S/C2H3FO2.3C2H5.Pb/c3-1-2(4)5;3*1-2;/h1H2,(H,4,5);3*1H2,2H3;/p-1. The van der Waals surface area contributed by atoms with Crippen molar-refractivity contribution in [3.63, 3.8) is 0 Å². The van der Waals surface area contributed by atoms with Crippen LogP contribution in [0.25, 0.3) is 0 Å². The maximum atomic E-state index is 10.5. The van der Waals surface area contributed by atoms with Crippen molar-refractivity contribution >= 4 is 33.3 Å². The summed E-state index contributed by atoms with van der Waals surface area (Å²) >= 11 is 0. The molecule has 0 aromatic rings. The fraction of sp³-hybridized carbons (Fsp3) is 0.500. The zero-order chi connectivity index (χ0) is 10.3. The van der Waals surface area contributed by atoms with E-state index in [4.69, 9.17) is 9.90 Å². The van der Waals surface area contributed by atoms with E-state index in [-0.39, 0.29) is 27.3 Å². The third kappa shape index (κ3) is 166. The number of carboxylic acids is 1. The molecule has 0 aliphatic carbocycles. The van der Waals surface area contributed by atoms with Gasteiger partial charge in [-0.25, -0.2) is 4.39 Å². The van der Waals surface area contributed by atoms with Crippen LogP contribution < -0.4 is 5.11 Å². The maximum absolute atomic E-state index is 10.5. The molecule has 12 heavy (non-hydrogen) atoms. The predicted octanol–water partition coefficient (Wildman–Crippen LogP) is 0.846. The predicted molar refractivity (Wildman–Crippen MR) is 49.8 cm³/mol. The SMILES string of the molecule is O=C([O-])CF.[CH2]C.[CH2]C.[CH2]C.[Pb]. The minimum absolute atomic E-state index is 0. The van der Waals surface area contributed by atoms with Crippen LogP contribution in [0.5, 0.6) is 0 Å². The number of carbonyl (C=O) groups excluding carboxylic acids is 1. The Kier molecular flexibility index (Phi) is 159. The number of aliphatic carboxylic acids is 1. The van der Waals surface area contributed by atoms with Gasteiger partial charge >= 0.3 is 0 Å². The molecule has 0 saturated heterocycles. The minimum Gasteiger partial charge on any atom is -0.547 e. The average Bonchev–Trinajstić information content (AvgIpc) is 2.15. The molecule has 0 unspecified atom stereocenters. The Hall–Kier alpha value is 0.322. The van der Waals surface area contributed by atoms with Crippen molar-refractivity contribution in [1.29, 1.82) is 0 Å². The van der Waals surface area contributed by atoms with Crippen LogP contribution in [0.2, 0.25) is 0 Å². The van der Waals surface area contributed by atoms with Crippen molar-refractivity contribution in [3.8, 4) is 0 Å². The van der Waals surface area contributed by atoms with Crippen molar-refractivity contribution in [2.75, 3.05) is 6.67 Å². The van der Waals surface area contributed by atoms with Gasteiger partial charge in [-0.15, -0.1) is 0 Å². The van der Waals surface area contributed by atoms with Gasteiger partial charge < -0.3 is 9.90 Å². The van der Waals surface area contributed by atoms with E-state index in [0.717, 1.165) is 0 Å². The Balaban J connectivity index is -0.0000000203. The fourth-order valence-electron chi connectivity index (χ4n) is 0. The Bertz CT molecular complexity index is 52.3. The molecule has 7 radical (unpaired) electrons. The number of carboxylic acid groups (broad SMARTS) is 1. The van der Waals surface area contributed by atoms with Gasteiger partial charge in [0.15, 0.2) is 0 Å². The summed E-state index contributed by atoms with van der Waals surface area (Å²) in [5, 5.41) is 8.88. The summed E-state index contributed by atoms with van der Waals surface area (Å²) < 4.78 is 10.5. The Morgan fingerprint density at radius 1 is 1.17 bits per heavy atom. The summed E-state index contributed by atoms with van der Waals surface area (Å²) in [6.07, 6.45) is 0. The summed E-state index contributed by atoms with van der Waals surface area (Å²) in [6.45, 7) is 13.6. The Labute approximate surface area is 95.7 Å². The molecular weight excluding hydrogens is 354 g/mol. The van der Waals surface area contributed by atoms with Crippen molar-refractivity contribution in [3.05, 3.63) is 20.8 Å². The molecule has 0 saturated carbocycles. The molecule has 0 aromatic carbocycles. The second-order valence-electron chi connectivity index (χ2n) is 0.506. The van der Waals surface area contributed by atoms with Crippen LogP contribution in [0.4, 0.5) is 4.39 Å². The van der Waals surface area contributed by atoms with Crippen LogP contribution in [0, 0.1) is 20.8 Å². The van der Waals surface area contributed by atoms with E-state index in [1.165, 1.54) is 0 Å². The average molecular weight is 371 g/mol. The monoisotopic (exact) mass is 372 g/mol. The van der Waals surface area contributed by atoms with Crippen LogP contribution in [0.1, 0.15) is 20.8 Å². The molecule has 4 heteroatoms. The first kappa shape index (κ1) is 29.5. The molecule has 0 rings (SSSR count). The van der Waals surface area contributed by atoms with Crippen molar-refractivity contribution < 1.29 is 14.3 Å². The number of hydrogen-bond acceptors (Lipinski definition) is 2. The van der Waals surface area contributed by atoms with Crippen LogP contribution >= 0.6 is 0 Å². The van der Waals surface area contributed by atoms with Crippen molar-refractivity contribution in [2.45, 2.75) is 20.8 Å². The van der Waals surface area contributed by atoms with E-state index >= 15 is 0 Å². The fourth-order valence-corrected chi connectivity index (χ4v) is 0. The molecule has 0 spiro atoms. The summed E-state index contributed by atoms with van der Waals surface area (Å²) in [5.74, 6) is -1.66. The van der Waals surface area contributed by atoms with Gasteiger partial charge in [-0.1, -0.05) is 41.5 Å². The number of halogens is 1. The van der Waals surface area contributed by atoms with Crippen LogP contribution in [0.3, 0.4) is 0 Å². The summed E-state index contributed by atoms with van der Waals surface area (Å²) in [5.41, 5.74) is 0. The third-order valence-electron chi connectivity index (χ3n) is 0.109. The van der Waals surface area contributed by atoms with E-state index < -0.39 is 12.6 Å². The van der Waals surface area contributed by atoms with Crippen LogP contribution in [-0.4, -0.2) is 39.9 Å². The van der Waals surface area contributed by atoms with Crippen molar-refractivity contribution in [2.24, 2.45) is 0 Å². The number of hydrogen-bond donors (Lipinski definition) is 0. The molecule has 0 fully saturated rings. The first-order valence-corrected chi connectivity index (χ1v) is 3.15. The summed E-state index contributed by atoms with van der Waals surface area (Å²) in [4.78, 5) is 8.88. The molecule has 0 amide bonds. The maximum Gasteiger partial charge on any atom is 0.129 e. The van der Waals surface area contributed by atoms with E-state index in [0.29, 0.717) is 0 Å². The largest absolute Gasteiger partial charge is 0.547 e. The second kappa shape index (κ2) is 64.6. The summed E-state index contributed by atoms with van der Waals surface area (Å²) in [6, 6.07) is 0. The van der Waals surface area contributed by atoms with E-state index in [2.05, 4.69) is 20.8 Å². The van der Waals surface area contributed by atoms with Gasteiger partial charge in [0.25, 0.3) is 0 Å². The van der Waals surface area contributed by atoms with Crippen LogP contribution in [-0.2, 0) is 4.79 Å². The summed E-state index contributed by atoms with van der Waals surface area (Å²) in [7, 11) is 0. The van der Waals surface area contributed by atoms with Gasteiger partial charge in [0.1, 0.15) is 6.67 Å². The molecule has 0 atom stereocenters. The molecule has 73 valence electrons. The number of rotatable bonds is 1. The van der Waals surface area contributed by atoms with E-state index in [1.807, 2.05) is 0 Å².